The molecule has 0 aliphatic carbocycles. The number of carbonyl (C=O) groups excluding carboxylic acids is 1. The molecule has 0 aromatic heterocycles. The Morgan fingerprint density at radius 1 is 1.19 bits per heavy atom. The number of hydrogen-bond donors (Lipinski definition) is 2. The molecule has 26 heavy (non-hydrogen) atoms. The van der Waals surface area contributed by atoms with Crippen LogP contribution in [0, 0.1) is 18.8 Å². The van der Waals surface area contributed by atoms with E-state index in [1.807, 2.05) is 26.0 Å². The summed E-state index contributed by atoms with van der Waals surface area (Å²) in [4.78, 5) is 12.5. The van der Waals surface area contributed by atoms with Crippen LogP contribution in [0.4, 0.5) is 0 Å². The lowest BCUT2D eigenvalue weighted by atomic mass is 9.84. The van der Waals surface area contributed by atoms with Gasteiger partial charge in [-0.1, -0.05) is 6.92 Å². The number of benzene rings is 1. The van der Waals surface area contributed by atoms with E-state index in [1.165, 1.54) is 12.8 Å². The minimum Gasteiger partial charge on any atom is -0.493 e. The van der Waals surface area contributed by atoms with Gasteiger partial charge in [0.2, 0.25) is 5.91 Å². The van der Waals surface area contributed by atoms with E-state index in [0.717, 1.165) is 24.2 Å². The predicted octanol–water partition coefficient (Wildman–Crippen LogP) is 3.64. The summed E-state index contributed by atoms with van der Waals surface area (Å²) in [5.41, 5.74) is 2.14. The second-order valence-electron chi connectivity index (χ2n) is 7.12. The molecule has 2 atom stereocenters. The van der Waals surface area contributed by atoms with Crippen molar-refractivity contribution in [2.24, 2.45) is 11.8 Å². The summed E-state index contributed by atoms with van der Waals surface area (Å²) in [7, 11) is 3.26. The van der Waals surface area contributed by atoms with Gasteiger partial charge in [-0.25, -0.2) is 0 Å². The molecule has 1 saturated heterocycles. The normalized spacial score (nSPS) is 17.0. The standard InChI is InChI=1S/C20H32N2O3.ClH/c1-13(16-6-8-21-9-7-16)11-20(23)22-15(3)17-12-19(25-5)18(24-4)10-14(17)2;/h10,12-13,15-16,21H,6-9,11H2,1-5H3,(H,22,23);1H. The molecule has 1 aliphatic heterocycles. The molecule has 148 valence electrons. The zero-order valence-electron chi connectivity index (χ0n) is 16.6. The summed E-state index contributed by atoms with van der Waals surface area (Å²) in [6, 6.07) is 3.84. The van der Waals surface area contributed by atoms with Gasteiger partial charge >= 0.3 is 0 Å². The molecule has 1 amide bonds. The molecule has 1 heterocycles. The summed E-state index contributed by atoms with van der Waals surface area (Å²) in [5, 5.41) is 6.53. The predicted molar refractivity (Wildman–Crippen MR) is 107 cm³/mol. The fraction of sp³-hybridized carbons (Fsp3) is 0.650. The van der Waals surface area contributed by atoms with E-state index in [1.54, 1.807) is 14.2 Å². The van der Waals surface area contributed by atoms with Gasteiger partial charge in [-0.3, -0.25) is 4.79 Å². The van der Waals surface area contributed by atoms with Gasteiger partial charge in [-0.2, -0.15) is 0 Å². The van der Waals surface area contributed by atoms with E-state index >= 15 is 0 Å². The summed E-state index contributed by atoms with van der Waals surface area (Å²) >= 11 is 0. The highest BCUT2D eigenvalue weighted by atomic mass is 35.5. The summed E-state index contributed by atoms with van der Waals surface area (Å²) < 4.78 is 10.7. The number of nitrogens with one attached hydrogen (secondary N) is 2. The minimum atomic E-state index is -0.0625. The number of halogens is 1. The molecule has 5 nitrogen and oxygen atoms in total. The lowest BCUT2D eigenvalue weighted by Crippen LogP contribution is -2.34. The van der Waals surface area contributed by atoms with E-state index in [4.69, 9.17) is 9.47 Å². The minimum absolute atomic E-state index is 0. The Balaban J connectivity index is 0.00000338. The van der Waals surface area contributed by atoms with Crippen molar-refractivity contribution in [2.75, 3.05) is 27.3 Å². The van der Waals surface area contributed by atoms with Crippen LogP contribution in [0.25, 0.3) is 0 Å². The molecular formula is C20H33ClN2O3. The Labute approximate surface area is 163 Å². The van der Waals surface area contributed by atoms with Crippen molar-refractivity contribution in [3.63, 3.8) is 0 Å². The average molecular weight is 385 g/mol. The highest BCUT2D eigenvalue weighted by Crippen LogP contribution is 2.33. The van der Waals surface area contributed by atoms with Crippen LogP contribution < -0.4 is 20.1 Å². The van der Waals surface area contributed by atoms with Crippen molar-refractivity contribution >= 4 is 18.3 Å². The zero-order valence-corrected chi connectivity index (χ0v) is 17.4. The Hall–Kier alpha value is -1.46. The lowest BCUT2D eigenvalue weighted by molar-refractivity contribution is -0.123. The van der Waals surface area contributed by atoms with Gasteiger partial charge in [-0.05, 0) is 74.9 Å². The Kier molecular flexibility index (Phi) is 9.23. The van der Waals surface area contributed by atoms with Crippen LogP contribution in [0.5, 0.6) is 11.5 Å². The van der Waals surface area contributed by atoms with Crippen LogP contribution in [0.1, 0.15) is 50.3 Å². The van der Waals surface area contributed by atoms with E-state index < -0.39 is 0 Å². The monoisotopic (exact) mass is 384 g/mol. The molecule has 1 aromatic rings. The second kappa shape index (κ2) is 10.6. The van der Waals surface area contributed by atoms with Crippen molar-refractivity contribution in [3.05, 3.63) is 23.3 Å². The quantitative estimate of drug-likeness (QED) is 0.753. The molecule has 2 rings (SSSR count). The molecule has 0 bridgehead atoms. The first-order valence-corrected chi connectivity index (χ1v) is 9.18. The van der Waals surface area contributed by atoms with E-state index in [-0.39, 0.29) is 24.4 Å². The Bertz CT molecular complexity index is 589. The molecule has 2 N–H and O–H groups in total. The molecule has 0 spiro atoms. The SMILES string of the molecule is COc1cc(C)c(C(C)NC(=O)CC(C)C2CCNCC2)cc1OC.Cl. The number of aryl methyl sites for hydroxylation is 1. The van der Waals surface area contributed by atoms with Gasteiger partial charge < -0.3 is 20.1 Å². The van der Waals surface area contributed by atoms with Gasteiger partial charge in [0.1, 0.15) is 0 Å². The van der Waals surface area contributed by atoms with Crippen molar-refractivity contribution < 1.29 is 14.3 Å². The van der Waals surface area contributed by atoms with Crippen LogP contribution >= 0.6 is 12.4 Å². The largest absolute Gasteiger partial charge is 0.493 e. The van der Waals surface area contributed by atoms with Crippen LogP contribution in [0.2, 0.25) is 0 Å². The third-order valence-electron chi connectivity index (χ3n) is 5.31. The highest BCUT2D eigenvalue weighted by Gasteiger charge is 2.23. The van der Waals surface area contributed by atoms with Gasteiger partial charge in [0.25, 0.3) is 0 Å². The highest BCUT2D eigenvalue weighted by molar-refractivity contribution is 5.85. The molecule has 0 saturated carbocycles. The van der Waals surface area contributed by atoms with Crippen LogP contribution in [-0.2, 0) is 4.79 Å². The van der Waals surface area contributed by atoms with Crippen LogP contribution in [0.15, 0.2) is 12.1 Å². The van der Waals surface area contributed by atoms with Gasteiger partial charge in [0, 0.05) is 6.42 Å². The third-order valence-corrected chi connectivity index (χ3v) is 5.31. The number of rotatable bonds is 7. The summed E-state index contributed by atoms with van der Waals surface area (Å²) in [6.07, 6.45) is 2.92. The lowest BCUT2D eigenvalue weighted by Gasteiger charge is -2.28. The average Bonchev–Trinajstić information content (AvgIpc) is 2.61. The Morgan fingerprint density at radius 2 is 1.77 bits per heavy atom. The number of hydrogen-bond acceptors (Lipinski definition) is 4. The summed E-state index contributed by atoms with van der Waals surface area (Å²) in [6.45, 7) is 8.37. The molecule has 2 unspecified atom stereocenters. The molecule has 1 aliphatic rings. The third kappa shape index (κ3) is 5.78. The van der Waals surface area contributed by atoms with E-state index in [0.29, 0.717) is 29.8 Å². The number of amides is 1. The van der Waals surface area contributed by atoms with E-state index in [9.17, 15) is 4.79 Å². The topological polar surface area (TPSA) is 59.6 Å². The van der Waals surface area contributed by atoms with Crippen LogP contribution in [0.3, 0.4) is 0 Å². The summed E-state index contributed by atoms with van der Waals surface area (Å²) in [5.74, 6) is 2.58. The first kappa shape index (κ1) is 22.6. The maximum absolute atomic E-state index is 12.5. The fourth-order valence-corrected chi connectivity index (χ4v) is 3.71. The van der Waals surface area contributed by atoms with Gasteiger partial charge in [-0.15, -0.1) is 12.4 Å². The Morgan fingerprint density at radius 3 is 2.35 bits per heavy atom. The maximum atomic E-state index is 12.5. The van der Waals surface area contributed by atoms with Gasteiger partial charge in [0.05, 0.1) is 20.3 Å². The number of carbonyl (C=O) groups is 1. The molecular weight excluding hydrogens is 352 g/mol. The van der Waals surface area contributed by atoms with Crippen molar-refractivity contribution in [1.82, 2.24) is 10.6 Å². The number of piperidine rings is 1. The first-order valence-electron chi connectivity index (χ1n) is 9.18. The van der Waals surface area contributed by atoms with Gasteiger partial charge in [0.15, 0.2) is 11.5 Å². The first-order chi connectivity index (χ1) is 12.0. The van der Waals surface area contributed by atoms with Crippen molar-refractivity contribution in [1.29, 1.82) is 0 Å². The van der Waals surface area contributed by atoms with Crippen LogP contribution in [-0.4, -0.2) is 33.2 Å². The van der Waals surface area contributed by atoms with Crippen molar-refractivity contribution in [3.8, 4) is 11.5 Å². The number of methoxy groups -OCH3 is 2. The second-order valence-corrected chi connectivity index (χ2v) is 7.12. The smallest absolute Gasteiger partial charge is 0.220 e. The fourth-order valence-electron chi connectivity index (χ4n) is 3.71. The maximum Gasteiger partial charge on any atom is 0.220 e. The van der Waals surface area contributed by atoms with Crippen molar-refractivity contribution in [2.45, 2.75) is 46.1 Å². The zero-order chi connectivity index (χ0) is 18.4. The molecule has 0 radical (unpaired) electrons. The van der Waals surface area contributed by atoms with E-state index in [2.05, 4.69) is 17.6 Å². The number of ether oxygens (including phenoxy) is 2. The molecule has 6 heteroatoms. The molecule has 1 aromatic carbocycles. The molecule has 1 fully saturated rings.